The zero-order valence-electron chi connectivity index (χ0n) is 30.1. The quantitative estimate of drug-likeness (QED) is 0.322. The fourth-order valence-corrected chi connectivity index (χ4v) is 8.82. The summed E-state index contributed by atoms with van der Waals surface area (Å²) in [5.41, 5.74) is 1.92. The van der Waals surface area contributed by atoms with Crippen molar-refractivity contribution in [2.75, 3.05) is 91.0 Å². The average molecular weight is 763 g/mol. The van der Waals surface area contributed by atoms with Gasteiger partial charge in [-0.25, -0.2) is 13.9 Å². The molecule has 282 valence electrons. The Bertz CT molecular complexity index is 2080. The van der Waals surface area contributed by atoms with E-state index in [1.165, 1.54) is 23.0 Å². The first-order valence-electron chi connectivity index (χ1n) is 17.0. The Balaban J connectivity index is 1.26. The number of hydrogen-bond donors (Lipinski definition) is 1. The molecule has 0 bridgehead atoms. The number of likely N-dealkylation sites (N-methyl/N-ethyl adjacent to an activating group) is 1. The lowest BCUT2D eigenvalue weighted by Crippen LogP contribution is -2.53. The number of piperazine rings is 1. The van der Waals surface area contributed by atoms with Crippen molar-refractivity contribution >= 4 is 56.0 Å². The molecule has 2 amide bonds. The van der Waals surface area contributed by atoms with Gasteiger partial charge in [-0.1, -0.05) is 11.6 Å². The molecule has 4 heterocycles. The maximum absolute atomic E-state index is 15.7. The number of methoxy groups -OCH3 is 2. The molecule has 6 rings (SSSR count). The van der Waals surface area contributed by atoms with Crippen molar-refractivity contribution in [2.24, 2.45) is 0 Å². The molecule has 2 fully saturated rings. The fourth-order valence-electron chi connectivity index (χ4n) is 7.33. The topological polar surface area (TPSA) is 145 Å². The number of carbonyl (C=O) groups is 2. The van der Waals surface area contributed by atoms with Gasteiger partial charge >= 0.3 is 15.8 Å². The normalized spacial score (nSPS) is 20.0. The third kappa shape index (κ3) is 7.11. The van der Waals surface area contributed by atoms with Crippen LogP contribution in [0.5, 0.6) is 0 Å². The van der Waals surface area contributed by atoms with Gasteiger partial charge in [-0.05, 0) is 50.6 Å². The first kappa shape index (κ1) is 37.9. The highest BCUT2D eigenvalue weighted by Crippen LogP contribution is 2.39. The highest BCUT2D eigenvalue weighted by Gasteiger charge is 2.35. The molecule has 2 atom stereocenters. The molecule has 3 aliphatic rings. The zero-order valence-corrected chi connectivity index (χ0v) is 31.7. The number of benzene rings is 2. The van der Waals surface area contributed by atoms with E-state index in [2.05, 4.69) is 16.8 Å². The van der Waals surface area contributed by atoms with Crippen molar-refractivity contribution in [1.29, 1.82) is 0 Å². The summed E-state index contributed by atoms with van der Waals surface area (Å²) >= 11 is 6.92. The second-order valence-electron chi connectivity index (χ2n) is 13.8. The first-order valence-corrected chi connectivity index (χ1v) is 18.8. The molecule has 2 saturated heterocycles. The molecule has 0 unspecified atom stereocenters. The number of ether oxygens (including phenoxy) is 2. The van der Waals surface area contributed by atoms with Crippen molar-refractivity contribution < 1.29 is 36.3 Å². The van der Waals surface area contributed by atoms with E-state index in [9.17, 15) is 22.8 Å². The number of fused-ring (bicyclic) bond motifs is 3. The number of nitrogens with zero attached hydrogens (tertiary/aromatic N) is 5. The molecule has 2 aromatic carbocycles. The minimum Gasteiger partial charge on any atom is -0.422 e. The number of nitrogens with one attached hydrogen (secondary N) is 1. The van der Waals surface area contributed by atoms with Gasteiger partial charge in [0.05, 0.1) is 52.7 Å². The number of anilines is 2. The Morgan fingerprint density at radius 3 is 2.50 bits per heavy atom. The molecular formula is C35H44ClFN6O8S. The SMILES string of the molecule is COC[C@H]1CN(c2cc(Cl)c3c4c(c(=O)oc3c2C)CN(C(=O)c2cc(N(C)C)c(C(=O)NS(=O)(=O)N3CC[C@H](OC)C3)cc2F)CC4)CCN1C. The van der Waals surface area contributed by atoms with E-state index in [1.807, 2.05) is 17.7 Å². The molecule has 0 saturated carbocycles. The Labute approximate surface area is 307 Å². The Morgan fingerprint density at radius 1 is 1.08 bits per heavy atom. The number of halogens is 2. The lowest BCUT2D eigenvalue weighted by Gasteiger charge is -2.41. The van der Waals surface area contributed by atoms with Crippen LogP contribution >= 0.6 is 11.6 Å². The second kappa shape index (κ2) is 14.9. The van der Waals surface area contributed by atoms with Gasteiger partial charge in [0.2, 0.25) is 0 Å². The van der Waals surface area contributed by atoms with Gasteiger partial charge in [-0.2, -0.15) is 12.7 Å². The monoisotopic (exact) mass is 762 g/mol. The van der Waals surface area contributed by atoms with Gasteiger partial charge in [0.15, 0.2) is 0 Å². The van der Waals surface area contributed by atoms with Crippen LogP contribution in [0.15, 0.2) is 27.4 Å². The molecule has 1 aromatic heterocycles. The number of hydrogen-bond acceptors (Lipinski definition) is 11. The maximum Gasteiger partial charge on any atom is 0.341 e. The third-order valence-electron chi connectivity index (χ3n) is 10.4. The van der Waals surface area contributed by atoms with Gasteiger partial charge in [0.1, 0.15) is 11.4 Å². The van der Waals surface area contributed by atoms with Gasteiger partial charge in [0, 0.05) is 84.2 Å². The van der Waals surface area contributed by atoms with E-state index in [-0.39, 0.29) is 67.1 Å². The van der Waals surface area contributed by atoms with E-state index in [4.69, 9.17) is 25.5 Å². The minimum atomic E-state index is -4.24. The molecule has 3 aliphatic heterocycles. The largest absolute Gasteiger partial charge is 0.422 e. The number of aryl methyl sites for hydroxylation is 1. The minimum absolute atomic E-state index is 0.0771. The standard InChI is InChI=1S/C35H44ClFN6O8S/c1-20-29(41-12-11-40(4)21(16-41)19-49-5)15-27(36)31-23-8-9-42(18-26(23)35(46)51-32(20)31)34(45)24-14-30(39(2)3)25(13-28(24)37)33(44)38-52(47,48)43-10-7-22(17-43)50-6/h13-15,21-22H,7-12,16-19H2,1-6H3,(H,38,44)/t21-,22+/m1/s1. The van der Waals surface area contributed by atoms with Crippen molar-refractivity contribution in [1.82, 2.24) is 18.8 Å². The second-order valence-corrected chi connectivity index (χ2v) is 15.8. The third-order valence-corrected chi connectivity index (χ3v) is 12.1. The van der Waals surface area contributed by atoms with Crippen LogP contribution in [0.4, 0.5) is 15.8 Å². The Morgan fingerprint density at radius 2 is 1.83 bits per heavy atom. The average Bonchev–Trinajstić information content (AvgIpc) is 3.61. The summed E-state index contributed by atoms with van der Waals surface area (Å²) in [4.78, 5) is 47.9. The summed E-state index contributed by atoms with van der Waals surface area (Å²) in [5, 5.41) is 1.05. The lowest BCUT2D eigenvalue weighted by atomic mass is 9.94. The molecule has 0 radical (unpaired) electrons. The molecule has 52 heavy (non-hydrogen) atoms. The van der Waals surface area contributed by atoms with Crippen LogP contribution in [-0.4, -0.2) is 128 Å². The van der Waals surface area contributed by atoms with Crippen LogP contribution in [0.1, 0.15) is 43.8 Å². The summed E-state index contributed by atoms with van der Waals surface area (Å²) in [5.74, 6) is -2.76. The smallest absolute Gasteiger partial charge is 0.341 e. The molecule has 3 aromatic rings. The molecule has 17 heteroatoms. The fraction of sp³-hybridized carbons (Fsp3) is 0.514. The van der Waals surface area contributed by atoms with Crippen LogP contribution < -0.4 is 20.1 Å². The Kier molecular flexibility index (Phi) is 10.9. The predicted molar refractivity (Wildman–Crippen MR) is 195 cm³/mol. The van der Waals surface area contributed by atoms with Crippen molar-refractivity contribution in [3.05, 3.63) is 67.3 Å². The van der Waals surface area contributed by atoms with Gasteiger partial charge < -0.3 is 28.6 Å². The van der Waals surface area contributed by atoms with Crippen LogP contribution in [0.25, 0.3) is 11.0 Å². The van der Waals surface area contributed by atoms with Crippen molar-refractivity contribution in [2.45, 2.75) is 38.5 Å². The predicted octanol–water partition coefficient (Wildman–Crippen LogP) is 2.62. The molecule has 14 nitrogen and oxygen atoms in total. The number of amides is 2. The van der Waals surface area contributed by atoms with Crippen LogP contribution in [0.2, 0.25) is 5.02 Å². The maximum atomic E-state index is 15.7. The highest BCUT2D eigenvalue weighted by molar-refractivity contribution is 7.87. The molecular weight excluding hydrogens is 719 g/mol. The summed E-state index contributed by atoms with van der Waals surface area (Å²) in [6, 6.07) is 4.15. The van der Waals surface area contributed by atoms with E-state index in [0.29, 0.717) is 41.1 Å². The summed E-state index contributed by atoms with van der Waals surface area (Å²) in [6.45, 7) is 5.03. The van der Waals surface area contributed by atoms with Crippen LogP contribution in [-0.2, 0) is 32.6 Å². The molecule has 1 N–H and O–H groups in total. The number of carbonyl (C=O) groups excluding carboxylic acids is 2. The van der Waals surface area contributed by atoms with Crippen LogP contribution in [0.3, 0.4) is 0 Å². The summed E-state index contributed by atoms with van der Waals surface area (Å²) in [6.07, 6.45) is 0.446. The lowest BCUT2D eigenvalue weighted by molar-refractivity contribution is 0.0727. The highest BCUT2D eigenvalue weighted by atomic mass is 35.5. The summed E-state index contributed by atoms with van der Waals surface area (Å²) < 4.78 is 61.2. The van der Waals surface area contributed by atoms with E-state index < -0.39 is 33.5 Å². The van der Waals surface area contributed by atoms with Gasteiger partial charge in [0.25, 0.3) is 11.8 Å². The van der Waals surface area contributed by atoms with Crippen molar-refractivity contribution in [3.63, 3.8) is 0 Å². The first-order chi connectivity index (χ1) is 24.6. The van der Waals surface area contributed by atoms with E-state index in [0.717, 1.165) is 34.7 Å². The van der Waals surface area contributed by atoms with Crippen molar-refractivity contribution in [3.8, 4) is 0 Å². The van der Waals surface area contributed by atoms with E-state index in [1.54, 1.807) is 21.2 Å². The van der Waals surface area contributed by atoms with E-state index >= 15 is 4.39 Å². The van der Waals surface area contributed by atoms with Gasteiger partial charge in [-0.3, -0.25) is 14.5 Å². The summed E-state index contributed by atoms with van der Waals surface area (Å²) in [7, 11) is 4.15. The number of rotatable bonds is 9. The van der Waals surface area contributed by atoms with Gasteiger partial charge in [-0.15, -0.1) is 0 Å². The molecule has 0 aliphatic carbocycles. The molecule has 0 spiro atoms. The van der Waals surface area contributed by atoms with Crippen LogP contribution in [0, 0.1) is 12.7 Å². The zero-order chi connectivity index (χ0) is 37.6. The Hall–Kier alpha value is -3.80.